The molecule has 0 bridgehead atoms. The molecule has 1 aromatic carbocycles. The molecule has 1 heterocycles. The van der Waals surface area contributed by atoms with Crippen LogP contribution >= 0.6 is 11.6 Å². The third-order valence-corrected chi connectivity index (χ3v) is 4.49. The summed E-state index contributed by atoms with van der Waals surface area (Å²) in [7, 11) is -3.67. The summed E-state index contributed by atoms with van der Waals surface area (Å²) < 4.78 is 26.7. The maximum absolute atomic E-state index is 12.1. The zero-order valence-electron chi connectivity index (χ0n) is 11.3. The number of nitrogens with zero attached hydrogens (tertiary/aromatic N) is 2. The number of hydrogen-bond donors (Lipinski definition) is 3. The molecule has 1 aliphatic heterocycles. The van der Waals surface area contributed by atoms with E-state index in [0.29, 0.717) is 31.3 Å². The molecule has 7 nitrogen and oxygen atoms in total. The Morgan fingerprint density at radius 1 is 1.38 bits per heavy atom. The summed E-state index contributed by atoms with van der Waals surface area (Å²) in [5.41, 5.74) is 0. The number of rotatable bonds is 5. The molecule has 0 radical (unpaired) electrons. The van der Waals surface area contributed by atoms with Gasteiger partial charge in [0.25, 0.3) is 10.0 Å². The van der Waals surface area contributed by atoms with Crippen LogP contribution in [-0.4, -0.2) is 50.9 Å². The predicted octanol–water partition coefficient (Wildman–Crippen LogP) is 0.177. The van der Waals surface area contributed by atoms with E-state index in [-0.39, 0.29) is 17.5 Å². The van der Waals surface area contributed by atoms with E-state index in [9.17, 15) is 8.42 Å². The van der Waals surface area contributed by atoms with E-state index in [2.05, 4.69) is 15.0 Å². The van der Waals surface area contributed by atoms with Gasteiger partial charge in [0.1, 0.15) is 0 Å². The maximum Gasteiger partial charge on any atom is 0.264 e. The Morgan fingerprint density at radius 3 is 2.67 bits per heavy atom. The highest BCUT2D eigenvalue weighted by Crippen LogP contribution is 2.13. The van der Waals surface area contributed by atoms with E-state index in [1.807, 2.05) is 4.90 Å². The lowest BCUT2D eigenvalue weighted by Crippen LogP contribution is -2.50. The van der Waals surface area contributed by atoms with Crippen molar-refractivity contribution in [3.63, 3.8) is 0 Å². The average Bonchev–Trinajstić information content (AvgIpc) is 2.47. The summed E-state index contributed by atoms with van der Waals surface area (Å²) in [4.78, 5) is 6.20. The van der Waals surface area contributed by atoms with E-state index >= 15 is 0 Å². The van der Waals surface area contributed by atoms with Gasteiger partial charge < -0.3 is 10.4 Å². The van der Waals surface area contributed by atoms with Crippen molar-refractivity contribution in [2.75, 3.05) is 26.5 Å². The van der Waals surface area contributed by atoms with Gasteiger partial charge in [0, 0.05) is 18.2 Å². The number of benzene rings is 1. The molecule has 3 N–H and O–H groups in total. The van der Waals surface area contributed by atoms with Crippen molar-refractivity contribution >= 4 is 27.6 Å². The number of halogens is 1. The van der Waals surface area contributed by atoms with Crippen LogP contribution in [-0.2, 0) is 10.0 Å². The monoisotopic (exact) mass is 332 g/mol. The second kappa shape index (κ2) is 7.08. The van der Waals surface area contributed by atoms with Crippen molar-refractivity contribution in [1.82, 2.24) is 14.9 Å². The van der Waals surface area contributed by atoms with Crippen LogP contribution in [0.3, 0.4) is 0 Å². The van der Waals surface area contributed by atoms with Crippen LogP contribution in [0.1, 0.15) is 6.42 Å². The standard InChI is InChI=1S/C12H17ClN4O3S/c13-10-2-4-11(5-3-10)21(19,20)16-12-14-8-17(9-15-12)6-1-7-18/h2-5,18H,1,6-9H2,(H2,14,15,16). The van der Waals surface area contributed by atoms with Crippen molar-refractivity contribution < 1.29 is 13.5 Å². The molecule has 0 unspecified atom stereocenters. The molecule has 0 atom stereocenters. The largest absolute Gasteiger partial charge is 0.396 e. The molecule has 1 aromatic rings. The fraction of sp³-hybridized carbons (Fsp3) is 0.417. The first kappa shape index (κ1) is 16.0. The summed E-state index contributed by atoms with van der Waals surface area (Å²) in [6.07, 6.45) is 0.656. The van der Waals surface area contributed by atoms with Gasteiger partial charge in [-0.1, -0.05) is 11.6 Å². The normalized spacial score (nSPS) is 16.2. The zero-order chi connectivity index (χ0) is 15.3. The Kier molecular flexibility index (Phi) is 5.40. The van der Waals surface area contributed by atoms with Crippen LogP contribution in [0.15, 0.2) is 34.2 Å². The minimum Gasteiger partial charge on any atom is -0.396 e. The highest BCUT2D eigenvalue weighted by atomic mass is 35.5. The van der Waals surface area contributed by atoms with Crippen LogP contribution in [0.4, 0.5) is 0 Å². The maximum atomic E-state index is 12.1. The average molecular weight is 333 g/mol. The van der Waals surface area contributed by atoms with Crippen molar-refractivity contribution in [2.24, 2.45) is 4.99 Å². The molecular formula is C12H17ClN4O3S. The number of aliphatic hydroxyl groups excluding tert-OH is 1. The Bertz CT molecular complexity index is 603. The minimum atomic E-state index is -3.67. The first-order chi connectivity index (χ1) is 10.0. The smallest absolute Gasteiger partial charge is 0.264 e. The second-order valence-corrected chi connectivity index (χ2v) is 6.63. The number of guanidine groups is 1. The molecular weight excluding hydrogens is 316 g/mol. The fourth-order valence-corrected chi connectivity index (χ4v) is 2.91. The highest BCUT2D eigenvalue weighted by molar-refractivity contribution is 7.90. The van der Waals surface area contributed by atoms with Crippen LogP contribution in [0.25, 0.3) is 0 Å². The molecule has 116 valence electrons. The molecule has 0 fully saturated rings. The number of sulfonamides is 1. The van der Waals surface area contributed by atoms with Gasteiger partial charge in [0.15, 0.2) is 0 Å². The topological polar surface area (TPSA) is 94.0 Å². The SMILES string of the molecule is O=S(=O)(NC1=NCN(CCCO)CN1)c1ccc(Cl)cc1. The van der Waals surface area contributed by atoms with Gasteiger partial charge in [-0.15, -0.1) is 0 Å². The molecule has 0 aromatic heterocycles. The van der Waals surface area contributed by atoms with E-state index < -0.39 is 10.0 Å². The third-order valence-electron chi connectivity index (χ3n) is 2.89. The van der Waals surface area contributed by atoms with Crippen molar-refractivity contribution in [2.45, 2.75) is 11.3 Å². The van der Waals surface area contributed by atoms with Gasteiger partial charge in [-0.05, 0) is 30.7 Å². The molecule has 0 saturated carbocycles. The summed E-state index contributed by atoms with van der Waals surface area (Å²) in [6, 6.07) is 5.90. The van der Waals surface area contributed by atoms with E-state index in [0.717, 1.165) is 0 Å². The fourth-order valence-electron chi connectivity index (χ4n) is 1.78. The Morgan fingerprint density at radius 2 is 2.10 bits per heavy atom. The third kappa shape index (κ3) is 4.57. The number of aliphatic hydroxyl groups is 1. The number of nitrogens with one attached hydrogen (secondary N) is 2. The first-order valence-corrected chi connectivity index (χ1v) is 8.27. The van der Waals surface area contributed by atoms with Crippen molar-refractivity contribution in [3.8, 4) is 0 Å². The van der Waals surface area contributed by atoms with E-state index in [1.54, 1.807) is 0 Å². The van der Waals surface area contributed by atoms with Gasteiger partial charge in [-0.25, -0.2) is 18.1 Å². The Labute approximate surface area is 128 Å². The molecule has 1 aliphatic rings. The predicted molar refractivity (Wildman–Crippen MR) is 80.5 cm³/mol. The molecule has 9 heteroatoms. The lowest BCUT2D eigenvalue weighted by atomic mass is 10.4. The van der Waals surface area contributed by atoms with E-state index in [1.165, 1.54) is 24.3 Å². The molecule has 0 aliphatic carbocycles. The van der Waals surface area contributed by atoms with Crippen LogP contribution < -0.4 is 10.0 Å². The van der Waals surface area contributed by atoms with Crippen molar-refractivity contribution in [1.29, 1.82) is 0 Å². The van der Waals surface area contributed by atoms with Gasteiger partial charge >= 0.3 is 0 Å². The van der Waals surface area contributed by atoms with Gasteiger partial charge in [0.2, 0.25) is 5.96 Å². The Hall–Kier alpha value is -1.35. The summed E-state index contributed by atoms with van der Waals surface area (Å²) in [6.45, 7) is 1.67. The molecule has 0 saturated heterocycles. The van der Waals surface area contributed by atoms with Gasteiger partial charge in [-0.2, -0.15) is 0 Å². The number of hydrogen-bond acceptors (Lipinski definition) is 6. The molecule has 21 heavy (non-hydrogen) atoms. The lowest BCUT2D eigenvalue weighted by molar-refractivity contribution is 0.218. The summed E-state index contributed by atoms with van der Waals surface area (Å²) >= 11 is 5.74. The highest BCUT2D eigenvalue weighted by Gasteiger charge is 2.19. The van der Waals surface area contributed by atoms with Crippen molar-refractivity contribution in [3.05, 3.63) is 29.3 Å². The lowest BCUT2D eigenvalue weighted by Gasteiger charge is -2.26. The first-order valence-electron chi connectivity index (χ1n) is 6.41. The minimum absolute atomic E-state index is 0.121. The molecule has 0 amide bonds. The molecule has 2 rings (SSSR count). The zero-order valence-corrected chi connectivity index (χ0v) is 12.9. The van der Waals surface area contributed by atoms with Gasteiger partial charge in [0.05, 0.1) is 18.2 Å². The second-order valence-electron chi connectivity index (χ2n) is 4.51. The summed E-state index contributed by atoms with van der Waals surface area (Å²) in [5.74, 6) is 0.213. The Balaban J connectivity index is 1.98. The quantitative estimate of drug-likeness (QED) is 0.715. The van der Waals surface area contributed by atoms with Gasteiger partial charge in [-0.3, -0.25) is 4.90 Å². The number of aliphatic imine (C=N–C) groups is 1. The van der Waals surface area contributed by atoms with Crippen LogP contribution in [0, 0.1) is 0 Å². The summed E-state index contributed by atoms with van der Waals surface area (Å²) in [5, 5.41) is 12.1. The van der Waals surface area contributed by atoms with Crippen LogP contribution in [0.2, 0.25) is 5.02 Å². The molecule has 0 spiro atoms. The van der Waals surface area contributed by atoms with Crippen LogP contribution in [0.5, 0.6) is 0 Å². The van der Waals surface area contributed by atoms with E-state index in [4.69, 9.17) is 16.7 Å².